The summed E-state index contributed by atoms with van der Waals surface area (Å²) < 4.78 is 0. The molecule has 0 aliphatic heterocycles. The Balaban J connectivity index is 1.98. The third-order valence-electron chi connectivity index (χ3n) is 2.74. The average Bonchev–Trinajstić information content (AvgIpc) is 2.49. The molecule has 0 atom stereocenters. The highest BCUT2D eigenvalue weighted by molar-refractivity contribution is 5.99. The van der Waals surface area contributed by atoms with Crippen LogP contribution in [0.4, 0.5) is 16.2 Å². The van der Waals surface area contributed by atoms with E-state index in [2.05, 4.69) is 16.7 Å². The van der Waals surface area contributed by atoms with Crippen LogP contribution in [0.2, 0.25) is 0 Å². The Kier molecular flexibility index (Phi) is 4.53. The monoisotopic (exact) mass is 276 g/mol. The molecule has 5 nitrogen and oxygen atoms in total. The molecule has 2 aromatic rings. The minimum Gasteiger partial charge on any atom is -0.308 e. The Hall–Kier alpha value is -3.31. The van der Waals surface area contributed by atoms with Crippen molar-refractivity contribution in [2.24, 2.45) is 0 Å². The zero-order valence-corrected chi connectivity index (χ0v) is 11.1. The number of carbonyl (C=O) groups excluding carboxylic acids is 1. The maximum atomic E-state index is 11.8. The molecule has 0 bridgehead atoms. The quantitative estimate of drug-likeness (QED) is 0.901. The van der Waals surface area contributed by atoms with Crippen molar-refractivity contribution in [1.29, 1.82) is 10.5 Å². The maximum Gasteiger partial charge on any atom is 0.323 e. The van der Waals surface area contributed by atoms with Crippen molar-refractivity contribution in [3.05, 3.63) is 59.7 Å². The summed E-state index contributed by atoms with van der Waals surface area (Å²) in [5, 5.41) is 22.7. The second-order valence-electron chi connectivity index (χ2n) is 4.30. The Morgan fingerprint density at radius 1 is 1.00 bits per heavy atom. The summed E-state index contributed by atoms with van der Waals surface area (Å²) >= 11 is 0. The highest BCUT2D eigenvalue weighted by atomic mass is 16.2. The number of carbonyl (C=O) groups is 1. The van der Waals surface area contributed by atoms with Gasteiger partial charge in [0, 0.05) is 11.4 Å². The Bertz CT molecular complexity index is 723. The molecule has 2 amide bonds. The SMILES string of the molecule is N#CCc1ccc(NC(=O)Nc2cccc(C#N)c2)cc1. The van der Waals surface area contributed by atoms with Gasteiger partial charge in [0.15, 0.2) is 0 Å². The molecule has 0 saturated heterocycles. The molecule has 2 N–H and O–H groups in total. The predicted octanol–water partition coefficient (Wildman–Crippen LogP) is 3.27. The van der Waals surface area contributed by atoms with Crippen molar-refractivity contribution < 1.29 is 4.79 Å². The van der Waals surface area contributed by atoms with Crippen LogP contribution in [0.25, 0.3) is 0 Å². The lowest BCUT2D eigenvalue weighted by Crippen LogP contribution is -2.19. The van der Waals surface area contributed by atoms with Crippen LogP contribution in [0.1, 0.15) is 11.1 Å². The van der Waals surface area contributed by atoms with Crippen LogP contribution >= 0.6 is 0 Å². The molecule has 0 aliphatic carbocycles. The molecule has 0 aromatic heterocycles. The van der Waals surface area contributed by atoms with Gasteiger partial charge in [-0.25, -0.2) is 4.79 Å². The van der Waals surface area contributed by atoms with Crippen molar-refractivity contribution in [2.75, 3.05) is 10.6 Å². The standard InChI is InChI=1S/C16H12N4O/c17-9-8-12-4-6-14(7-5-12)19-16(21)20-15-3-1-2-13(10-15)11-18/h1-7,10H,8H2,(H2,19,20,21). The van der Waals surface area contributed by atoms with Gasteiger partial charge in [0.05, 0.1) is 24.1 Å². The summed E-state index contributed by atoms with van der Waals surface area (Å²) in [6.45, 7) is 0. The first kappa shape index (κ1) is 14.1. The zero-order valence-electron chi connectivity index (χ0n) is 11.1. The molecule has 21 heavy (non-hydrogen) atoms. The van der Waals surface area contributed by atoms with Gasteiger partial charge in [0.2, 0.25) is 0 Å². The lowest BCUT2D eigenvalue weighted by molar-refractivity contribution is 0.262. The number of nitrogens with one attached hydrogen (secondary N) is 2. The van der Waals surface area contributed by atoms with Crippen LogP contribution in [-0.4, -0.2) is 6.03 Å². The van der Waals surface area contributed by atoms with Crippen molar-refractivity contribution >= 4 is 17.4 Å². The number of nitrogens with zero attached hydrogens (tertiary/aromatic N) is 2. The first-order chi connectivity index (χ1) is 10.2. The van der Waals surface area contributed by atoms with E-state index in [-0.39, 0.29) is 0 Å². The van der Waals surface area contributed by atoms with Gasteiger partial charge in [-0.2, -0.15) is 10.5 Å². The molecule has 2 rings (SSSR count). The summed E-state index contributed by atoms with van der Waals surface area (Å²) in [7, 11) is 0. The number of rotatable bonds is 3. The fourth-order valence-electron chi connectivity index (χ4n) is 1.76. The third kappa shape index (κ3) is 4.09. The van der Waals surface area contributed by atoms with Gasteiger partial charge in [-0.1, -0.05) is 18.2 Å². The topological polar surface area (TPSA) is 88.7 Å². The molecule has 2 aromatic carbocycles. The van der Waals surface area contributed by atoms with Gasteiger partial charge >= 0.3 is 6.03 Å². The fourth-order valence-corrected chi connectivity index (χ4v) is 1.76. The van der Waals surface area contributed by atoms with Crippen molar-refractivity contribution in [2.45, 2.75) is 6.42 Å². The number of hydrogen-bond acceptors (Lipinski definition) is 3. The second kappa shape index (κ2) is 6.74. The van der Waals surface area contributed by atoms with E-state index >= 15 is 0 Å². The molecule has 5 heteroatoms. The molecule has 0 spiro atoms. The van der Waals surface area contributed by atoms with E-state index in [4.69, 9.17) is 10.5 Å². The molecule has 0 saturated carbocycles. The number of hydrogen-bond donors (Lipinski definition) is 2. The van der Waals surface area contributed by atoms with Crippen LogP contribution in [-0.2, 0) is 6.42 Å². The van der Waals surface area contributed by atoms with Gasteiger partial charge in [0.25, 0.3) is 0 Å². The highest BCUT2D eigenvalue weighted by Gasteiger charge is 2.03. The van der Waals surface area contributed by atoms with Crippen LogP contribution in [0.15, 0.2) is 48.5 Å². The number of urea groups is 1. The van der Waals surface area contributed by atoms with Gasteiger partial charge in [-0.05, 0) is 35.9 Å². The minimum absolute atomic E-state index is 0.341. The third-order valence-corrected chi connectivity index (χ3v) is 2.74. The first-order valence-electron chi connectivity index (χ1n) is 6.25. The van der Waals surface area contributed by atoms with Gasteiger partial charge in [-0.15, -0.1) is 0 Å². The smallest absolute Gasteiger partial charge is 0.308 e. The minimum atomic E-state index is -0.391. The second-order valence-corrected chi connectivity index (χ2v) is 4.30. The zero-order chi connectivity index (χ0) is 15.1. The van der Waals surface area contributed by atoms with Gasteiger partial charge in [-0.3, -0.25) is 0 Å². The number of nitriles is 2. The van der Waals surface area contributed by atoms with Crippen LogP contribution in [0, 0.1) is 22.7 Å². The summed E-state index contributed by atoms with van der Waals surface area (Å²) in [4.78, 5) is 11.8. The fraction of sp³-hybridized carbons (Fsp3) is 0.0625. The molecular weight excluding hydrogens is 264 g/mol. The average molecular weight is 276 g/mol. The molecular formula is C16H12N4O. The summed E-state index contributed by atoms with van der Waals surface area (Å²) in [6, 6.07) is 17.4. The highest BCUT2D eigenvalue weighted by Crippen LogP contribution is 2.12. The largest absolute Gasteiger partial charge is 0.323 e. The number of anilines is 2. The lowest BCUT2D eigenvalue weighted by atomic mass is 10.1. The maximum absolute atomic E-state index is 11.8. The van der Waals surface area contributed by atoms with Crippen molar-refractivity contribution in [3.8, 4) is 12.1 Å². The molecule has 0 radical (unpaired) electrons. The van der Waals surface area contributed by atoms with Crippen molar-refractivity contribution in [3.63, 3.8) is 0 Å². The lowest BCUT2D eigenvalue weighted by Gasteiger charge is -2.08. The Morgan fingerprint density at radius 2 is 1.71 bits per heavy atom. The van der Waals surface area contributed by atoms with E-state index in [9.17, 15) is 4.79 Å². The normalized spacial score (nSPS) is 9.24. The van der Waals surface area contributed by atoms with E-state index in [0.717, 1.165) is 5.56 Å². The van der Waals surface area contributed by atoms with Gasteiger partial charge in [0.1, 0.15) is 0 Å². The summed E-state index contributed by atoms with van der Waals surface area (Å²) in [5.74, 6) is 0. The molecule has 0 unspecified atom stereocenters. The number of benzene rings is 2. The van der Waals surface area contributed by atoms with Gasteiger partial charge < -0.3 is 10.6 Å². The molecule has 0 fully saturated rings. The van der Waals surface area contributed by atoms with Crippen LogP contribution in [0.5, 0.6) is 0 Å². The van der Waals surface area contributed by atoms with Crippen LogP contribution < -0.4 is 10.6 Å². The first-order valence-corrected chi connectivity index (χ1v) is 6.25. The van der Waals surface area contributed by atoms with E-state index in [1.54, 1.807) is 48.5 Å². The predicted molar refractivity (Wildman–Crippen MR) is 79.6 cm³/mol. The Morgan fingerprint density at radius 3 is 2.38 bits per heavy atom. The molecule has 102 valence electrons. The summed E-state index contributed by atoms with van der Waals surface area (Å²) in [5.41, 5.74) is 2.55. The van der Waals surface area contributed by atoms with Crippen LogP contribution in [0.3, 0.4) is 0 Å². The molecule has 0 heterocycles. The molecule has 0 aliphatic rings. The Labute approximate surface area is 122 Å². The van der Waals surface area contributed by atoms with E-state index in [1.807, 2.05) is 6.07 Å². The van der Waals surface area contributed by atoms with E-state index in [0.29, 0.717) is 23.4 Å². The van der Waals surface area contributed by atoms with Crippen molar-refractivity contribution in [1.82, 2.24) is 0 Å². The van der Waals surface area contributed by atoms with E-state index < -0.39 is 6.03 Å². The van der Waals surface area contributed by atoms with E-state index in [1.165, 1.54) is 0 Å². The summed E-state index contributed by atoms with van der Waals surface area (Å²) in [6.07, 6.45) is 0.341. The number of amides is 2.